The molecule has 140 valence electrons. The van der Waals surface area contributed by atoms with E-state index in [2.05, 4.69) is 10.3 Å². The van der Waals surface area contributed by atoms with E-state index in [0.717, 1.165) is 41.5 Å². The van der Waals surface area contributed by atoms with Crippen LogP contribution in [0.2, 0.25) is 0 Å². The normalized spacial score (nSPS) is 10.8. The summed E-state index contributed by atoms with van der Waals surface area (Å²) in [4.78, 5) is 28.5. The Morgan fingerprint density at radius 2 is 1.78 bits per heavy atom. The number of carbonyl (C=O) groups excluding carboxylic acids is 2. The van der Waals surface area contributed by atoms with Gasteiger partial charge in [0.25, 0.3) is 0 Å². The van der Waals surface area contributed by atoms with Crippen LogP contribution in [0.4, 0.5) is 11.4 Å². The number of nitrogens with two attached hydrogens (primary N) is 1. The highest BCUT2D eigenvalue weighted by Crippen LogP contribution is 2.21. The molecule has 3 N–H and O–H groups in total. The highest BCUT2D eigenvalue weighted by molar-refractivity contribution is 7.16. The van der Waals surface area contributed by atoms with Crippen LogP contribution in [0.5, 0.6) is 0 Å². The zero-order chi connectivity index (χ0) is 19.1. The number of Topliss-reactive ketones (excluding diaryl/α,β-unsaturated/α-hetero) is 1. The topological polar surface area (TPSA) is 85.1 Å². The van der Waals surface area contributed by atoms with E-state index in [1.54, 1.807) is 29.0 Å². The van der Waals surface area contributed by atoms with Gasteiger partial charge in [-0.1, -0.05) is 25.0 Å². The van der Waals surface area contributed by atoms with Gasteiger partial charge in [0, 0.05) is 18.4 Å². The van der Waals surface area contributed by atoms with Crippen LogP contribution in [-0.2, 0) is 4.79 Å². The maximum atomic E-state index is 12.3. The number of nitrogen functional groups attached to an aromatic ring is 1. The number of para-hydroxylation sites is 2. The van der Waals surface area contributed by atoms with Gasteiger partial charge in [-0.2, -0.15) is 0 Å². The fourth-order valence-electron chi connectivity index (χ4n) is 2.92. The Labute approximate surface area is 162 Å². The number of fused-ring (bicyclic) bond motifs is 1. The molecule has 0 aliphatic carbocycles. The van der Waals surface area contributed by atoms with Crippen molar-refractivity contribution in [3.05, 3.63) is 53.5 Å². The number of anilines is 2. The number of rotatable bonds is 9. The molecule has 1 amide bonds. The number of amides is 1. The average Bonchev–Trinajstić information content (AvgIpc) is 3.14. The van der Waals surface area contributed by atoms with Crippen molar-refractivity contribution in [2.45, 2.75) is 38.5 Å². The predicted octanol–water partition coefficient (Wildman–Crippen LogP) is 5.04. The third kappa shape index (κ3) is 5.37. The van der Waals surface area contributed by atoms with E-state index in [1.807, 2.05) is 30.3 Å². The number of hydrogen-bond acceptors (Lipinski definition) is 5. The SMILES string of the molecule is Nc1ccccc1NC(=O)CCCCCCC(=O)c1ccc2ncsc2c1. The first-order chi connectivity index (χ1) is 13.1. The fraction of sp³-hybridized carbons (Fsp3) is 0.286. The van der Waals surface area contributed by atoms with Crippen LogP contribution in [0, 0.1) is 0 Å². The lowest BCUT2D eigenvalue weighted by molar-refractivity contribution is -0.116. The number of hydrogen-bond donors (Lipinski definition) is 2. The van der Waals surface area contributed by atoms with E-state index < -0.39 is 0 Å². The van der Waals surface area contributed by atoms with Crippen molar-refractivity contribution in [2.24, 2.45) is 0 Å². The van der Waals surface area contributed by atoms with Crippen LogP contribution in [-0.4, -0.2) is 16.7 Å². The van der Waals surface area contributed by atoms with Gasteiger partial charge in [0.15, 0.2) is 5.78 Å². The van der Waals surface area contributed by atoms with E-state index in [1.165, 1.54) is 0 Å². The Kier molecular flexibility index (Phi) is 6.54. The van der Waals surface area contributed by atoms with E-state index in [0.29, 0.717) is 24.2 Å². The number of nitrogens with one attached hydrogen (secondary N) is 1. The van der Waals surface area contributed by atoms with Crippen molar-refractivity contribution in [2.75, 3.05) is 11.1 Å². The van der Waals surface area contributed by atoms with E-state index in [9.17, 15) is 9.59 Å². The van der Waals surface area contributed by atoms with Gasteiger partial charge in [0.05, 0.1) is 27.1 Å². The molecule has 0 aliphatic rings. The Bertz CT molecular complexity index is 936. The molecule has 5 nitrogen and oxygen atoms in total. The van der Waals surface area contributed by atoms with Crippen LogP contribution in [0.3, 0.4) is 0 Å². The molecule has 0 radical (unpaired) electrons. The number of thiazole rings is 1. The molecule has 0 aliphatic heterocycles. The molecule has 2 aromatic carbocycles. The van der Waals surface area contributed by atoms with Gasteiger partial charge in [-0.25, -0.2) is 4.98 Å². The zero-order valence-electron chi connectivity index (χ0n) is 15.1. The number of aromatic nitrogens is 1. The zero-order valence-corrected chi connectivity index (χ0v) is 15.9. The number of ketones is 1. The second kappa shape index (κ2) is 9.28. The van der Waals surface area contributed by atoms with Crippen molar-refractivity contribution in [1.29, 1.82) is 0 Å². The molecule has 1 heterocycles. The number of nitrogens with zero attached hydrogens (tertiary/aromatic N) is 1. The lowest BCUT2D eigenvalue weighted by Crippen LogP contribution is -2.12. The third-order valence-corrected chi connectivity index (χ3v) is 5.24. The first kappa shape index (κ1) is 19.0. The molecule has 6 heteroatoms. The van der Waals surface area contributed by atoms with Crippen LogP contribution in [0.25, 0.3) is 10.2 Å². The minimum atomic E-state index is -0.0261. The predicted molar refractivity (Wildman–Crippen MR) is 111 cm³/mol. The number of benzene rings is 2. The van der Waals surface area contributed by atoms with E-state index >= 15 is 0 Å². The Morgan fingerprint density at radius 1 is 1.00 bits per heavy atom. The maximum absolute atomic E-state index is 12.3. The monoisotopic (exact) mass is 381 g/mol. The van der Waals surface area contributed by atoms with Crippen molar-refractivity contribution in [3.8, 4) is 0 Å². The van der Waals surface area contributed by atoms with Gasteiger partial charge in [0.1, 0.15) is 0 Å². The van der Waals surface area contributed by atoms with Gasteiger partial charge < -0.3 is 11.1 Å². The van der Waals surface area contributed by atoms with Crippen molar-refractivity contribution in [1.82, 2.24) is 4.98 Å². The molecular weight excluding hydrogens is 358 g/mol. The summed E-state index contributed by atoms with van der Waals surface area (Å²) in [6.07, 6.45) is 4.52. The number of unbranched alkanes of at least 4 members (excludes halogenated alkanes) is 3. The maximum Gasteiger partial charge on any atom is 0.224 e. The smallest absolute Gasteiger partial charge is 0.224 e. The molecule has 1 aromatic heterocycles. The van der Waals surface area contributed by atoms with E-state index in [4.69, 9.17) is 5.73 Å². The highest BCUT2D eigenvalue weighted by Gasteiger charge is 2.08. The van der Waals surface area contributed by atoms with Gasteiger partial charge in [-0.3, -0.25) is 9.59 Å². The summed E-state index contributed by atoms with van der Waals surface area (Å²) in [6, 6.07) is 12.9. The molecule has 27 heavy (non-hydrogen) atoms. The average molecular weight is 382 g/mol. The first-order valence-corrected chi connectivity index (χ1v) is 10.0. The third-order valence-electron chi connectivity index (χ3n) is 4.45. The summed E-state index contributed by atoms with van der Waals surface area (Å²) < 4.78 is 1.05. The van der Waals surface area contributed by atoms with Gasteiger partial charge >= 0.3 is 0 Å². The minimum Gasteiger partial charge on any atom is -0.397 e. The molecule has 0 saturated heterocycles. The summed E-state index contributed by atoms with van der Waals surface area (Å²) >= 11 is 1.55. The molecule has 0 bridgehead atoms. The molecule has 3 rings (SSSR count). The van der Waals surface area contributed by atoms with Gasteiger partial charge in [-0.05, 0) is 43.2 Å². The van der Waals surface area contributed by atoms with Crippen LogP contribution < -0.4 is 11.1 Å². The molecule has 3 aromatic rings. The number of carbonyl (C=O) groups is 2. The molecule has 0 saturated carbocycles. The lowest BCUT2D eigenvalue weighted by atomic mass is 10.0. The molecule has 0 atom stereocenters. The highest BCUT2D eigenvalue weighted by atomic mass is 32.1. The van der Waals surface area contributed by atoms with Crippen LogP contribution in [0.15, 0.2) is 48.0 Å². The summed E-state index contributed by atoms with van der Waals surface area (Å²) in [5.74, 6) is 0.143. The quantitative estimate of drug-likeness (QED) is 0.309. The molecule has 0 fully saturated rings. The second-order valence-corrected chi connectivity index (χ2v) is 7.39. The summed E-state index contributed by atoms with van der Waals surface area (Å²) in [7, 11) is 0. The summed E-state index contributed by atoms with van der Waals surface area (Å²) in [6.45, 7) is 0. The van der Waals surface area contributed by atoms with E-state index in [-0.39, 0.29) is 11.7 Å². The molecule has 0 unspecified atom stereocenters. The summed E-state index contributed by atoms with van der Waals surface area (Å²) in [5, 5.41) is 2.83. The van der Waals surface area contributed by atoms with Gasteiger partial charge in [0.2, 0.25) is 5.91 Å². The fourth-order valence-corrected chi connectivity index (χ4v) is 3.64. The lowest BCUT2D eigenvalue weighted by Gasteiger charge is -2.07. The summed E-state index contributed by atoms with van der Waals surface area (Å²) in [5.41, 5.74) is 10.5. The molecule has 0 spiro atoms. The first-order valence-electron chi connectivity index (χ1n) is 9.14. The second-order valence-electron chi connectivity index (χ2n) is 6.51. The molecular formula is C21H23N3O2S. The Morgan fingerprint density at radius 3 is 2.59 bits per heavy atom. The van der Waals surface area contributed by atoms with Crippen molar-refractivity contribution >= 4 is 44.6 Å². The minimum absolute atomic E-state index is 0.0261. The van der Waals surface area contributed by atoms with Crippen LogP contribution >= 0.6 is 11.3 Å². The standard InChI is InChI=1S/C21H23N3O2S/c22-16-7-5-6-8-17(16)24-21(26)10-4-2-1-3-9-19(25)15-11-12-18-20(13-15)27-14-23-18/h5-8,11-14H,1-4,9-10,22H2,(H,24,26). The Balaban J connectivity index is 1.32. The van der Waals surface area contributed by atoms with Crippen molar-refractivity contribution in [3.63, 3.8) is 0 Å². The Hall–Kier alpha value is -2.73. The van der Waals surface area contributed by atoms with Gasteiger partial charge in [-0.15, -0.1) is 11.3 Å². The van der Waals surface area contributed by atoms with Crippen LogP contribution in [0.1, 0.15) is 48.9 Å². The van der Waals surface area contributed by atoms with Crippen molar-refractivity contribution < 1.29 is 9.59 Å². The largest absolute Gasteiger partial charge is 0.397 e.